The first-order chi connectivity index (χ1) is 15.8. The maximum absolute atomic E-state index is 12.1. The summed E-state index contributed by atoms with van der Waals surface area (Å²) >= 11 is 0. The summed E-state index contributed by atoms with van der Waals surface area (Å²) in [6.45, 7) is 12.0. The van der Waals surface area contributed by atoms with Crippen molar-refractivity contribution in [2.75, 3.05) is 13.2 Å². The fraction of sp³-hybridized carbons (Fsp3) is 0.931. The topological polar surface area (TPSA) is 52.6 Å². The molecule has 196 valence electrons. The van der Waals surface area contributed by atoms with Crippen molar-refractivity contribution in [1.82, 2.24) is 0 Å². The lowest BCUT2D eigenvalue weighted by Gasteiger charge is -2.19. The lowest BCUT2D eigenvalue weighted by Crippen LogP contribution is -2.21. The average Bonchev–Trinajstić information content (AvgIpc) is 2.76. The van der Waals surface area contributed by atoms with Gasteiger partial charge in [-0.3, -0.25) is 9.59 Å². The molecular weight excluding hydrogens is 412 g/mol. The second kappa shape index (κ2) is 21.5. The van der Waals surface area contributed by atoms with Crippen molar-refractivity contribution >= 4 is 11.9 Å². The fourth-order valence-corrected chi connectivity index (χ4v) is 3.97. The lowest BCUT2D eigenvalue weighted by molar-refractivity contribution is -0.149. The molecule has 4 heteroatoms. The summed E-state index contributed by atoms with van der Waals surface area (Å²) in [5.74, 6) is -0.103. The normalized spacial score (nSPS) is 11.7. The Hall–Kier alpha value is -1.06. The van der Waals surface area contributed by atoms with E-state index in [9.17, 15) is 9.59 Å². The van der Waals surface area contributed by atoms with Gasteiger partial charge in [-0.05, 0) is 31.1 Å². The Morgan fingerprint density at radius 1 is 0.606 bits per heavy atom. The summed E-state index contributed by atoms with van der Waals surface area (Å²) in [4.78, 5) is 24.3. The van der Waals surface area contributed by atoms with Gasteiger partial charge in [0, 0.05) is 18.8 Å². The molecule has 0 aromatic carbocycles. The Kier molecular flexibility index (Phi) is 20.8. The van der Waals surface area contributed by atoms with E-state index in [-0.39, 0.29) is 17.9 Å². The van der Waals surface area contributed by atoms with E-state index in [1.54, 1.807) is 0 Å². The van der Waals surface area contributed by atoms with E-state index in [1.807, 2.05) is 0 Å². The zero-order valence-electron chi connectivity index (χ0n) is 22.9. The fourth-order valence-electron chi connectivity index (χ4n) is 3.97. The molecule has 0 radical (unpaired) electrons. The van der Waals surface area contributed by atoms with Gasteiger partial charge in [-0.25, -0.2) is 0 Å². The number of unbranched alkanes of at least 4 members (excludes halogenated alkanes) is 11. The van der Waals surface area contributed by atoms with Gasteiger partial charge in [0.2, 0.25) is 0 Å². The molecule has 0 N–H and O–H groups in total. The molecule has 0 aromatic heterocycles. The highest BCUT2D eigenvalue weighted by Gasteiger charge is 2.15. The quantitative estimate of drug-likeness (QED) is 0.118. The summed E-state index contributed by atoms with van der Waals surface area (Å²) in [6, 6.07) is 0. The zero-order chi connectivity index (χ0) is 24.8. The number of hydrogen-bond acceptors (Lipinski definition) is 4. The van der Waals surface area contributed by atoms with Crippen molar-refractivity contribution in [1.29, 1.82) is 0 Å². The predicted molar refractivity (Wildman–Crippen MR) is 139 cm³/mol. The van der Waals surface area contributed by atoms with Gasteiger partial charge in [0.05, 0.1) is 13.2 Å². The minimum atomic E-state index is -0.107. The summed E-state index contributed by atoms with van der Waals surface area (Å²) in [5, 5.41) is 0. The summed E-state index contributed by atoms with van der Waals surface area (Å²) in [6.07, 6.45) is 19.2. The smallest absolute Gasteiger partial charge is 0.305 e. The molecule has 0 spiro atoms. The van der Waals surface area contributed by atoms with E-state index in [0.717, 1.165) is 38.5 Å². The first-order valence-corrected chi connectivity index (χ1v) is 14.1. The van der Waals surface area contributed by atoms with E-state index >= 15 is 0 Å². The second-order valence-corrected chi connectivity index (χ2v) is 11.1. The molecule has 0 aliphatic carbocycles. The van der Waals surface area contributed by atoms with Gasteiger partial charge < -0.3 is 9.47 Å². The molecule has 0 saturated carbocycles. The van der Waals surface area contributed by atoms with E-state index in [0.29, 0.717) is 31.5 Å². The summed E-state index contributed by atoms with van der Waals surface area (Å²) in [5.41, 5.74) is 0.401. The first kappa shape index (κ1) is 31.9. The van der Waals surface area contributed by atoms with Crippen LogP contribution in [0.2, 0.25) is 0 Å². The van der Waals surface area contributed by atoms with Crippen LogP contribution in [0.5, 0.6) is 0 Å². The third-order valence-corrected chi connectivity index (χ3v) is 6.22. The van der Waals surface area contributed by atoms with Crippen LogP contribution in [0.4, 0.5) is 0 Å². The van der Waals surface area contributed by atoms with E-state index in [1.165, 1.54) is 64.2 Å². The van der Waals surface area contributed by atoms with Gasteiger partial charge in [0.25, 0.3) is 0 Å². The van der Waals surface area contributed by atoms with Gasteiger partial charge in [0.15, 0.2) is 0 Å². The van der Waals surface area contributed by atoms with Crippen LogP contribution in [0.3, 0.4) is 0 Å². The Labute approximate surface area is 206 Å². The molecule has 0 heterocycles. The lowest BCUT2D eigenvalue weighted by atomic mass is 9.89. The molecule has 33 heavy (non-hydrogen) atoms. The molecule has 0 bridgehead atoms. The molecular formula is C29H56O4. The first-order valence-electron chi connectivity index (χ1n) is 14.1. The molecule has 0 atom stereocenters. The molecule has 4 nitrogen and oxygen atoms in total. The van der Waals surface area contributed by atoms with Gasteiger partial charge in [-0.15, -0.1) is 0 Å². The second-order valence-electron chi connectivity index (χ2n) is 11.1. The number of carbonyl (C=O) groups is 2. The summed E-state index contributed by atoms with van der Waals surface area (Å²) < 4.78 is 11.1. The Morgan fingerprint density at radius 3 is 1.48 bits per heavy atom. The van der Waals surface area contributed by atoms with Crippen molar-refractivity contribution in [2.45, 2.75) is 150 Å². The van der Waals surface area contributed by atoms with Crippen LogP contribution in [-0.4, -0.2) is 25.2 Å². The summed E-state index contributed by atoms with van der Waals surface area (Å²) in [7, 11) is 0. The van der Waals surface area contributed by atoms with E-state index in [2.05, 4.69) is 34.6 Å². The Morgan fingerprint density at radius 2 is 1.03 bits per heavy atom. The highest BCUT2D eigenvalue weighted by atomic mass is 16.5. The highest BCUT2D eigenvalue weighted by molar-refractivity contribution is 5.69. The van der Waals surface area contributed by atoms with E-state index < -0.39 is 0 Å². The van der Waals surface area contributed by atoms with Crippen LogP contribution in [0.25, 0.3) is 0 Å². The van der Waals surface area contributed by atoms with Gasteiger partial charge >= 0.3 is 11.9 Å². The van der Waals surface area contributed by atoms with Crippen molar-refractivity contribution in [2.24, 2.45) is 11.3 Å². The largest absolute Gasteiger partial charge is 0.465 e. The number of ether oxygens (including phenoxy) is 2. The van der Waals surface area contributed by atoms with Crippen LogP contribution < -0.4 is 0 Å². The van der Waals surface area contributed by atoms with Gasteiger partial charge in [0.1, 0.15) is 0 Å². The number of esters is 2. The number of carbonyl (C=O) groups excluding carboxylic acids is 2. The predicted octanol–water partition coefficient (Wildman–Crippen LogP) is 8.80. The minimum Gasteiger partial charge on any atom is -0.465 e. The van der Waals surface area contributed by atoms with Crippen molar-refractivity contribution in [3.63, 3.8) is 0 Å². The highest BCUT2D eigenvalue weighted by Crippen LogP contribution is 2.23. The van der Waals surface area contributed by atoms with Crippen LogP contribution in [-0.2, 0) is 19.1 Å². The van der Waals surface area contributed by atoms with Crippen LogP contribution >= 0.6 is 0 Å². The van der Waals surface area contributed by atoms with Gasteiger partial charge in [-0.1, -0.05) is 112 Å². The maximum Gasteiger partial charge on any atom is 0.305 e. The molecule has 0 aromatic rings. The molecule has 0 aliphatic heterocycles. The standard InChI is InChI=1S/C29H56O4/c1-6-8-10-12-17-21-27(30)32-24-26(20-16-14-15-19-23-29(3,4)5)25-33-28(31)22-18-13-11-9-7-2/h26H,6-25H2,1-5H3. The molecule has 0 aliphatic rings. The molecule has 0 rings (SSSR count). The van der Waals surface area contributed by atoms with Gasteiger partial charge in [-0.2, -0.15) is 0 Å². The molecule has 0 saturated heterocycles. The zero-order valence-corrected chi connectivity index (χ0v) is 22.9. The third kappa shape index (κ3) is 23.9. The molecule has 0 unspecified atom stereocenters. The Balaban J connectivity index is 4.25. The average molecular weight is 469 g/mol. The number of hydrogen-bond donors (Lipinski definition) is 0. The third-order valence-electron chi connectivity index (χ3n) is 6.22. The van der Waals surface area contributed by atoms with Crippen LogP contribution in [0, 0.1) is 11.3 Å². The number of rotatable bonds is 22. The van der Waals surface area contributed by atoms with Crippen molar-refractivity contribution in [3.8, 4) is 0 Å². The molecule has 0 amide bonds. The SMILES string of the molecule is CCCCCCCC(=O)OCC(CCCCCCC(C)(C)C)COC(=O)CCCCCCC. The maximum atomic E-state index is 12.1. The minimum absolute atomic E-state index is 0.107. The van der Waals surface area contributed by atoms with Crippen molar-refractivity contribution in [3.05, 3.63) is 0 Å². The monoisotopic (exact) mass is 468 g/mol. The molecule has 0 fully saturated rings. The van der Waals surface area contributed by atoms with Crippen LogP contribution in [0.15, 0.2) is 0 Å². The van der Waals surface area contributed by atoms with Crippen LogP contribution in [0.1, 0.15) is 150 Å². The Bertz CT molecular complexity index is 437. The van der Waals surface area contributed by atoms with E-state index in [4.69, 9.17) is 9.47 Å². The van der Waals surface area contributed by atoms with Crippen molar-refractivity contribution < 1.29 is 19.1 Å².